The van der Waals surface area contributed by atoms with Gasteiger partial charge < -0.3 is 9.80 Å². The fourth-order valence-corrected chi connectivity index (χ4v) is 6.14. The maximum Gasteiger partial charge on any atom is 0.417 e. The molecule has 4 rings (SSSR count). The summed E-state index contributed by atoms with van der Waals surface area (Å²) in [5.41, 5.74) is 1.44. The molecule has 0 fully saturated rings. The van der Waals surface area contributed by atoms with E-state index in [1.807, 2.05) is 30.1 Å². The minimum absolute atomic E-state index is 0.147. The van der Waals surface area contributed by atoms with Gasteiger partial charge in [-0.05, 0) is 37.0 Å². The van der Waals surface area contributed by atoms with Crippen LogP contribution in [0.15, 0.2) is 49.2 Å². The fourth-order valence-electron chi connectivity index (χ4n) is 6.14. The number of benzene rings is 1. The lowest BCUT2D eigenvalue weighted by atomic mass is 9.52. The van der Waals surface area contributed by atoms with Crippen molar-refractivity contribution in [1.82, 2.24) is 4.98 Å². The summed E-state index contributed by atoms with van der Waals surface area (Å²) in [7, 11) is 1.89. The van der Waals surface area contributed by atoms with Gasteiger partial charge in [0.1, 0.15) is 6.17 Å². The predicted octanol–water partition coefficient (Wildman–Crippen LogP) is 6.67. The van der Waals surface area contributed by atoms with E-state index in [0.717, 1.165) is 31.1 Å². The minimum Gasteiger partial charge on any atom is -0.350 e. The van der Waals surface area contributed by atoms with Gasteiger partial charge in [0.15, 0.2) is 5.82 Å². The number of hydrogen-bond donors (Lipinski definition) is 0. The average Bonchev–Trinajstić information content (AvgIpc) is 3.05. The number of rotatable bonds is 4. The van der Waals surface area contributed by atoms with Gasteiger partial charge in [0.05, 0.1) is 11.3 Å². The molecule has 0 N–H and O–H groups in total. The maximum absolute atomic E-state index is 13.4. The first-order chi connectivity index (χ1) is 14.2. The molecule has 2 atom stereocenters. The van der Waals surface area contributed by atoms with Crippen molar-refractivity contribution in [3.63, 3.8) is 0 Å². The van der Waals surface area contributed by atoms with E-state index in [1.54, 1.807) is 0 Å². The Morgan fingerprint density at radius 1 is 1.10 bits per heavy atom. The van der Waals surface area contributed by atoms with E-state index in [9.17, 15) is 13.2 Å². The van der Waals surface area contributed by atoms with Crippen molar-refractivity contribution in [3.8, 4) is 0 Å². The Kier molecular flexibility index (Phi) is 4.68. The van der Waals surface area contributed by atoms with Crippen LogP contribution in [0, 0.1) is 5.41 Å². The van der Waals surface area contributed by atoms with E-state index in [-0.39, 0.29) is 17.0 Å². The predicted molar refractivity (Wildman–Crippen MR) is 115 cm³/mol. The van der Waals surface area contributed by atoms with Gasteiger partial charge in [-0.3, -0.25) is 0 Å². The molecule has 0 saturated carbocycles. The smallest absolute Gasteiger partial charge is 0.350 e. The third kappa shape index (κ3) is 2.36. The summed E-state index contributed by atoms with van der Waals surface area (Å²) in [6.07, 6.45) is 1.04. The molecule has 0 saturated heterocycles. The van der Waals surface area contributed by atoms with Crippen LogP contribution < -0.4 is 9.80 Å². The molecule has 2 unspecified atom stereocenters. The van der Waals surface area contributed by atoms with Crippen molar-refractivity contribution >= 4 is 17.2 Å². The van der Waals surface area contributed by atoms with Crippen LogP contribution in [0.2, 0.25) is 0 Å². The molecule has 0 aliphatic carbocycles. The summed E-state index contributed by atoms with van der Waals surface area (Å²) in [6.45, 7) is 10.8. The van der Waals surface area contributed by atoms with Gasteiger partial charge in [-0.25, -0.2) is 4.98 Å². The first kappa shape index (κ1) is 20.8. The van der Waals surface area contributed by atoms with Crippen molar-refractivity contribution in [2.45, 2.75) is 57.8 Å². The third-order valence-corrected chi connectivity index (χ3v) is 7.59. The van der Waals surface area contributed by atoms with Gasteiger partial charge in [-0.1, -0.05) is 45.0 Å². The van der Waals surface area contributed by atoms with Gasteiger partial charge >= 0.3 is 6.18 Å². The molecule has 6 heteroatoms. The number of anilines is 3. The van der Waals surface area contributed by atoms with Gasteiger partial charge in [-0.2, -0.15) is 13.2 Å². The number of pyridine rings is 1. The largest absolute Gasteiger partial charge is 0.417 e. The molecular weight excluding hydrogens is 387 g/mol. The van der Waals surface area contributed by atoms with Gasteiger partial charge in [0, 0.05) is 29.8 Å². The molecule has 2 aliphatic rings. The van der Waals surface area contributed by atoms with E-state index in [0.29, 0.717) is 11.5 Å². The number of fused-ring (bicyclic) bond motifs is 5. The Morgan fingerprint density at radius 2 is 1.77 bits per heavy atom. The molecule has 0 spiro atoms. The molecule has 160 valence electrons. The lowest BCUT2D eigenvalue weighted by Gasteiger charge is -2.60. The molecule has 3 nitrogen and oxygen atoms in total. The highest BCUT2D eigenvalue weighted by Crippen LogP contribution is 2.64. The standard InChI is InChI=1S/C24H28F3N3/c1-6-22(7-2)17-12-10-11-13-18(17)30-20-19(14-16(15-28-20)24(25,26)27)29(5)21(30)23(22,8-3)9-4/h6,10-15,21H,1,7-9H2,2-5H3. The molecule has 1 aromatic carbocycles. The normalized spacial score (nSPS) is 24.3. The molecule has 2 aromatic rings. The van der Waals surface area contributed by atoms with Crippen molar-refractivity contribution in [1.29, 1.82) is 0 Å². The minimum atomic E-state index is -4.43. The van der Waals surface area contributed by atoms with Crippen LogP contribution in [-0.4, -0.2) is 18.2 Å². The van der Waals surface area contributed by atoms with Crippen molar-refractivity contribution in [2.75, 3.05) is 16.8 Å². The molecule has 2 aliphatic heterocycles. The number of alkyl halides is 3. The lowest BCUT2D eigenvalue weighted by molar-refractivity contribution is -0.137. The van der Waals surface area contributed by atoms with Gasteiger partial charge in [-0.15, -0.1) is 6.58 Å². The van der Waals surface area contributed by atoms with E-state index in [4.69, 9.17) is 0 Å². The summed E-state index contributed by atoms with van der Waals surface area (Å²) in [6, 6.07) is 9.43. The fraction of sp³-hybridized carbons (Fsp3) is 0.458. The van der Waals surface area contributed by atoms with E-state index < -0.39 is 11.7 Å². The Hall–Kier alpha value is -2.50. The molecule has 1 aromatic heterocycles. The lowest BCUT2D eigenvalue weighted by Crippen LogP contribution is -2.63. The third-order valence-electron chi connectivity index (χ3n) is 7.59. The highest BCUT2D eigenvalue weighted by Gasteiger charge is 2.62. The van der Waals surface area contributed by atoms with Crippen LogP contribution >= 0.6 is 0 Å². The number of nitrogens with zero attached hydrogens (tertiary/aromatic N) is 3. The molecular formula is C24H28F3N3. The SMILES string of the molecule is C=CC1(CC)c2ccccc2N2c3ncc(C(F)(F)F)cc3N(C)C2C1(CC)CC. The van der Waals surface area contributed by atoms with Crippen molar-refractivity contribution in [3.05, 3.63) is 60.3 Å². The Bertz CT molecular complexity index is 980. The second-order valence-electron chi connectivity index (χ2n) is 8.33. The molecule has 30 heavy (non-hydrogen) atoms. The summed E-state index contributed by atoms with van der Waals surface area (Å²) in [5.74, 6) is 0.586. The number of hydrogen-bond acceptors (Lipinski definition) is 3. The quantitative estimate of drug-likeness (QED) is 0.520. The van der Waals surface area contributed by atoms with Gasteiger partial charge in [0.25, 0.3) is 0 Å². The summed E-state index contributed by atoms with van der Waals surface area (Å²) >= 11 is 0. The van der Waals surface area contributed by atoms with Crippen LogP contribution in [0.3, 0.4) is 0 Å². The van der Waals surface area contributed by atoms with Crippen molar-refractivity contribution < 1.29 is 13.2 Å². The highest BCUT2D eigenvalue weighted by atomic mass is 19.4. The molecule has 0 amide bonds. The first-order valence-corrected chi connectivity index (χ1v) is 10.5. The summed E-state index contributed by atoms with van der Waals surface area (Å²) < 4.78 is 40.3. The average molecular weight is 416 g/mol. The van der Waals surface area contributed by atoms with E-state index in [2.05, 4.69) is 49.4 Å². The van der Waals surface area contributed by atoms with E-state index in [1.165, 1.54) is 11.6 Å². The number of halogens is 3. The van der Waals surface area contributed by atoms with Crippen LogP contribution in [0.25, 0.3) is 0 Å². The molecule has 0 bridgehead atoms. The van der Waals surface area contributed by atoms with Gasteiger partial charge in [0.2, 0.25) is 0 Å². The topological polar surface area (TPSA) is 19.4 Å². The number of aromatic nitrogens is 1. The van der Waals surface area contributed by atoms with Crippen molar-refractivity contribution in [2.24, 2.45) is 5.41 Å². The zero-order chi connectivity index (χ0) is 21.9. The van der Waals surface area contributed by atoms with Crippen LogP contribution in [0.4, 0.5) is 30.4 Å². The Morgan fingerprint density at radius 3 is 2.33 bits per heavy atom. The maximum atomic E-state index is 13.4. The first-order valence-electron chi connectivity index (χ1n) is 10.5. The molecule has 0 radical (unpaired) electrons. The zero-order valence-electron chi connectivity index (χ0n) is 17.9. The second kappa shape index (κ2) is 6.76. The van der Waals surface area contributed by atoms with Crippen LogP contribution in [0.1, 0.15) is 51.2 Å². The monoisotopic (exact) mass is 415 g/mol. The highest BCUT2D eigenvalue weighted by molar-refractivity contribution is 5.85. The Balaban J connectivity index is 2.06. The second-order valence-corrected chi connectivity index (χ2v) is 8.33. The summed E-state index contributed by atoms with van der Waals surface area (Å²) in [4.78, 5) is 8.47. The Labute approximate surface area is 176 Å². The summed E-state index contributed by atoms with van der Waals surface area (Å²) in [5, 5.41) is 0. The number of allylic oxidation sites excluding steroid dienone is 1. The zero-order valence-corrected chi connectivity index (χ0v) is 17.9. The van der Waals surface area contributed by atoms with Crippen LogP contribution in [0.5, 0.6) is 0 Å². The number of para-hydroxylation sites is 1. The van der Waals surface area contributed by atoms with Crippen LogP contribution in [-0.2, 0) is 11.6 Å². The molecule has 3 heterocycles. The van der Waals surface area contributed by atoms with E-state index >= 15 is 0 Å².